The number of hydrogen-bond donors (Lipinski definition) is 0. The molecule has 0 unspecified atom stereocenters. The predicted molar refractivity (Wildman–Crippen MR) is 89.6 cm³/mol. The fraction of sp³-hybridized carbons (Fsp3) is 0.400. The predicted octanol–water partition coefficient (Wildman–Crippen LogP) is 5.89. The molecule has 0 saturated carbocycles. The average Bonchev–Trinajstić information content (AvgIpc) is 2.55. The Kier molecular flexibility index (Phi) is 6.87. The zero-order valence-electron chi connectivity index (χ0n) is 13.0. The summed E-state index contributed by atoms with van der Waals surface area (Å²) in [6.07, 6.45) is 7.79. The molecule has 0 aromatic heterocycles. The van der Waals surface area contributed by atoms with Gasteiger partial charge in [0.1, 0.15) is 5.75 Å². The van der Waals surface area contributed by atoms with Gasteiger partial charge in [-0.15, -0.1) is 0 Å². The van der Waals surface area contributed by atoms with Gasteiger partial charge in [-0.25, -0.2) is 0 Å². The molecule has 2 aromatic rings. The van der Waals surface area contributed by atoms with Crippen LogP contribution < -0.4 is 4.74 Å². The van der Waals surface area contributed by atoms with E-state index in [9.17, 15) is 0 Å². The van der Waals surface area contributed by atoms with E-state index in [0.29, 0.717) is 0 Å². The molecule has 0 bridgehead atoms. The zero-order valence-corrected chi connectivity index (χ0v) is 13.0. The first-order valence-electron chi connectivity index (χ1n) is 8.09. The monoisotopic (exact) mass is 281 g/mol. The summed E-state index contributed by atoms with van der Waals surface area (Å²) in [6, 6.07) is 19.4. The highest BCUT2D eigenvalue weighted by molar-refractivity contribution is 5.63. The van der Waals surface area contributed by atoms with Crippen LogP contribution in [0.1, 0.15) is 45.4 Å². The third kappa shape index (κ3) is 5.63. The van der Waals surface area contributed by atoms with E-state index in [4.69, 9.17) is 4.74 Å². The molecule has 0 saturated heterocycles. The summed E-state index contributed by atoms with van der Waals surface area (Å²) in [5, 5.41) is 0. The molecule has 0 N–H and O–H groups in total. The molecule has 21 heavy (non-hydrogen) atoms. The number of rotatable bonds is 9. The molecular weight excluding hydrogens is 256 g/mol. The van der Waals surface area contributed by atoms with Crippen LogP contribution in [-0.4, -0.2) is 6.61 Å². The Morgan fingerprint density at radius 2 is 1.38 bits per heavy atom. The summed E-state index contributed by atoms with van der Waals surface area (Å²) < 4.78 is 5.80. The first kappa shape index (κ1) is 15.6. The van der Waals surface area contributed by atoms with Crippen molar-refractivity contribution in [1.82, 2.24) is 0 Å². The SMILES string of the molecule is CCCCCCCCOc1ccc(-c2cc[c]cc2)cc1. The Balaban J connectivity index is 1.71. The van der Waals surface area contributed by atoms with E-state index in [0.717, 1.165) is 18.8 Å². The minimum Gasteiger partial charge on any atom is -0.494 e. The standard InChI is InChI=1S/C20H25O/c1-2-3-4-5-6-10-17-21-20-15-13-19(14-16-20)18-11-8-7-9-12-18/h8-9,11-16H,2-6,10,17H2,1H3. The molecule has 1 nitrogen and oxygen atoms in total. The zero-order chi connectivity index (χ0) is 14.8. The highest BCUT2D eigenvalue weighted by Gasteiger charge is 1.98. The van der Waals surface area contributed by atoms with Crippen LogP contribution in [0.25, 0.3) is 11.1 Å². The summed E-state index contributed by atoms with van der Waals surface area (Å²) in [6.45, 7) is 3.08. The summed E-state index contributed by atoms with van der Waals surface area (Å²) in [5.41, 5.74) is 2.44. The second-order valence-corrected chi connectivity index (χ2v) is 5.43. The maximum atomic E-state index is 5.80. The molecule has 0 aliphatic carbocycles. The van der Waals surface area contributed by atoms with Gasteiger partial charge in [0.2, 0.25) is 0 Å². The third-order valence-electron chi connectivity index (χ3n) is 3.67. The van der Waals surface area contributed by atoms with Crippen molar-refractivity contribution in [2.75, 3.05) is 6.61 Å². The molecule has 0 aliphatic rings. The summed E-state index contributed by atoms with van der Waals surface area (Å²) in [7, 11) is 0. The van der Waals surface area contributed by atoms with Crippen molar-refractivity contribution in [3.8, 4) is 16.9 Å². The normalized spacial score (nSPS) is 10.5. The van der Waals surface area contributed by atoms with Crippen LogP contribution in [0, 0.1) is 6.07 Å². The quantitative estimate of drug-likeness (QED) is 0.520. The van der Waals surface area contributed by atoms with Crippen LogP contribution in [-0.2, 0) is 0 Å². The second kappa shape index (κ2) is 9.23. The fourth-order valence-corrected chi connectivity index (χ4v) is 2.40. The van der Waals surface area contributed by atoms with Crippen LogP contribution in [0.5, 0.6) is 5.75 Å². The Morgan fingerprint density at radius 1 is 0.762 bits per heavy atom. The lowest BCUT2D eigenvalue weighted by atomic mass is 10.1. The van der Waals surface area contributed by atoms with Crippen molar-refractivity contribution >= 4 is 0 Å². The van der Waals surface area contributed by atoms with Gasteiger partial charge in [-0.2, -0.15) is 0 Å². The topological polar surface area (TPSA) is 9.23 Å². The second-order valence-electron chi connectivity index (χ2n) is 5.43. The number of benzene rings is 2. The maximum absolute atomic E-state index is 5.80. The molecule has 0 fully saturated rings. The lowest BCUT2D eigenvalue weighted by Gasteiger charge is -2.07. The van der Waals surface area contributed by atoms with Crippen molar-refractivity contribution in [3.05, 3.63) is 54.6 Å². The van der Waals surface area contributed by atoms with Crippen LogP contribution in [0.3, 0.4) is 0 Å². The molecular formula is C20H25O. The van der Waals surface area contributed by atoms with Crippen molar-refractivity contribution in [1.29, 1.82) is 0 Å². The van der Waals surface area contributed by atoms with E-state index in [1.807, 2.05) is 12.1 Å². The lowest BCUT2D eigenvalue weighted by Crippen LogP contribution is -1.97. The molecule has 2 rings (SSSR count). The Bertz CT molecular complexity index is 487. The molecule has 0 aliphatic heterocycles. The van der Waals surface area contributed by atoms with Crippen molar-refractivity contribution in [2.24, 2.45) is 0 Å². The Morgan fingerprint density at radius 3 is 2.10 bits per heavy atom. The van der Waals surface area contributed by atoms with E-state index < -0.39 is 0 Å². The van der Waals surface area contributed by atoms with E-state index in [-0.39, 0.29) is 0 Å². The number of ether oxygens (including phenoxy) is 1. The van der Waals surface area contributed by atoms with Gasteiger partial charge in [0.15, 0.2) is 0 Å². The third-order valence-corrected chi connectivity index (χ3v) is 3.67. The molecule has 0 spiro atoms. The largest absolute Gasteiger partial charge is 0.494 e. The van der Waals surface area contributed by atoms with Crippen molar-refractivity contribution < 1.29 is 4.74 Å². The van der Waals surface area contributed by atoms with Gasteiger partial charge in [0.25, 0.3) is 0 Å². The molecule has 2 aromatic carbocycles. The van der Waals surface area contributed by atoms with E-state index in [1.165, 1.54) is 43.2 Å². The maximum Gasteiger partial charge on any atom is 0.119 e. The van der Waals surface area contributed by atoms with Crippen LogP contribution in [0.4, 0.5) is 0 Å². The van der Waals surface area contributed by atoms with Gasteiger partial charge in [0.05, 0.1) is 6.61 Å². The van der Waals surface area contributed by atoms with Gasteiger partial charge in [-0.3, -0.25) is 0 Å². The summed E-state index contributed by atoms with van der Waals surface area (Å²) >= 11 is 0. The van der Waals surface area contributed by atoms with Gasteiger partial charge in [-0.05, 0) is 35.7 Å². The first-order chi connectivity index (χ1) is 10.4. The minimum absolute atomic E-state index is 0.825. The van der Waals surface area contributed by atoms with E-state index in [2.05, 4.69) is 49.4 Å². The molecule has 111 valence electrons. The number of hydrogen-bond acceptors (Lipinski definition) is 1. The fourth-order valence-electron chi connectivity index (χ4n) is 2.40. The lowest BCUT2D eigenvalue weighted by molar-refractivity contribution is 0.304. The van der Waals surface area contributed by atoms with Gasteiger partial charge in [0, 0.05) is 0 Å². The molecule has 0 heterocycles. The van der Waals surface area contributed by atoms with E-state index in [1.54, 1.807) is 0 Å². The summed E-state index contributed by atoms with van der Waals surface area (Å²) in [5.74, 6) is 0.967. The molecule has 1 heteroatoms. The molecule has 0 atom stereocenters. The van der Waals surface area contributed by atoms with Crippen molar-refractivity contribution in [2.45, 2.75) is 45.4 Å². The first-order valence-corrected chi connectivity index (χ1v) is 8.09. The molecule has 0 amide bonds. The molecule has 1 radical (unpaired) electrons. The number of unbranched alkanes of at least 4 members (excludes halogenated alkanes) is 5. The van der Waals surface area contributed by atoms with Crippen LogP contribution in [0.2, 0.25) is 0 Å². The average molecular weight is 281 g/mol. The van der Waals surface area contributed by atoms with E-state index >= 15 is 0 Å². The Hall–Kier alpha value is -1.76. The van der Waals surface area contributed by atoms with Gasteiger partial charge < -0.3 is 4.74 Å². The minimum atomic E-state index is 0.825. The van der Waals surface area contributed by atoms with Gasteiger partial charge in [-0.1, -0.05) is 75.4 Å². The Labute approximate surface area is 129 Å². The van der Waals surface area contributed by atoms with Crippen molar-refractivity contribution in [3.63, 3.8) is 0 Å². The highest BCUT2D eigenvalue weighted by Crippen LogP contribution is 2.22. The smallest absolute Gasteiger partial charge is 0.119 e. The highest BCUT2D eigenvalue weighted by atomic mass is 16.5. The van der Waals surface area contributed by atoms with Gasteiger partial charge >= 0.3 is 0 Å². The van der Waals surface area contributed by atoms with Crippen LogP contribution >= 0.6 is 0 Å². The summed E-state index contributed by atoms with van der Waals surface area (Å²) in [4.78, 5) is 0. The van der Waals surface area contributed by atoms with Crippen LogP contribution in [0.15, 0.2) is 48.5 Å².